The van der Waals surface area contributed by atoms with Crippen LogP contribution in [0.3, 0.4) is 0 Å². The summed E-state index contributed by atoms with van der Waals surface area (Å²) in [5.41, 5.74) is 1.24. The standard InChI is InChI=1S/C12H12BrFO2/c1-3-16-12(15)8(2)6-9-4-5-11(14)10(13)7-9/h4-7H,3H2,1-2H3/b8-6+. The number of hydrogen-bond acceptors (Lipinski definition) is 2. The highest BCUT2D eigenvalue weighted by atomic mass is 79.9. The van der Waals surface area contributed by atoms with Gasteiger partial charge < -0.3 is 4.74 Å². The molecule has 4 heteroatoms. The lowest BCUT2D eigenvalue weighted by Gasteiger charge is -2.02. The summed E-state index contributed by atoms with van der Waals surface area (Å²) in [6.45, 7) is 3.76. The Kier molecular flexibility index (Phi) is 4.68. The van der Waals surface area contributed by atoms with Crippen LogP contribution < -0.4 is 0 Å². The molecule has 1 rings (SSSR count). The van der Waals surface area contributed by atoms with Crippen molar-refractivity contribution >= 4 is 28.0 Å². The van der Waals surface area contributed by atoms with Crippen molar-refractivity contribution in [1.82, 2.24) is 0 Å². The molecule has 0 aliphatic heterocycles. The first-order valence-electron chi connectivity index (χ1n) is 4.85. The van der Waals surface area contributed by atoms with Gasteiger partial charge in [-0.2, -0.15) is 0 Å². The van der Waals surface area contributed by atoms with E-state index in [0.717, 1.165) is 5.56 Å². The third-order valence-corrected chi connectivity index (χ3v) is 2.53. The van der Waals surface area contributed by atoms with E-state index in [1.807, 2.05) is 0 Å². The summed E-state index contributed by atoms with van der Waals surface area (Å²) in [6.07, 6.45) is 1.65. The van der Waals surface area contributed by atoms with Crippen LogP contribution in [0.25, 0.3) is 6.08 Å². The fourth-order valence-corrected chi connectivity index (χ4v) is 1.55. The maximum Gasteiger partial charge on any atom is 0.333 e. The number of carbonyl (C=O) groups is 1. The van der Waals surface area contributed by atoms with Crippen molar-refractivity contribution in [2.24, 2.45) is 0 Å². The zero-order valence-electron chi connectivity index (χ0n) is 9.09. The number of rotatable bonds is 3. The summed E-state index contributed by atoms with van der Waals surface area (Å²) in [5, 5.41) is 0. The molecule has 1 aromatic rings. The molecule has 0 saturated heterocycles. The van der Waals surface area contributed by atoms with E-state index in [1.54, 1.807) is 32.1 Å². The van der Waals surface area contributed by atoms with E-state index in [9.17, 15) is 9.18 Å². The number of esters is 1. The first-order chi connectivity index (χ1) is 7.54. The molecule has 0 fully saturated rings. The fraction of sp³-hybridized carbons (Fsp3) is 0.250. The molecule has 0 amide bonds. The topological polar surface area (TPSA) is 26.3 Å². The van der Waals surface area contributed by atoms with Crippen molar-refractivity contribution in [2.45, 2.75) is 13.8 Å². The van der Waals surface area contributed by atoms with Gasteiger partial charge in [-0.25, -0.2) is 9.18 Å². The Morgan fingerprint density at radius 3 is 2.81 bits per heavy atom. The molecule has 2 nitrogen and oxygen atoms in total. The van der Waals surface area contributed by atoms with Crippen LogP contribution in [0.1, 0.15) is 19.4 Å². The van der Waals surface area contributed by atoms with Crippen LogP contribution in [0, 0.1) is 5.82 Å². The van der Waals surface area contributed by atoms with Crippen LogP contribution in [0.15, 0.2) is 28.2 Å². The summed E-state index contributed by atoms with van der Waals surface area (Å²) in [4.78, 5) is 11.3. The second-order valence-corrected chi connectivity index (χ2v) is 4.08. The lowest BCUT2D eigenvalue weighted by Crippen LogP contribution is -2.04. The predicted molar refractivity (Wildman–Crippen MR) is 64.4 cm³/mol. The maximum absolute atomic E-state index is 13.0. The fourth-order valence-electron chi connectivity index (χ4n) is 1.16. The Hall–Kier alpha value is -1.16. The van der Waals surface area contributed by atoms with Crippen molar-refractivity contribution in [3.05, 3.63) is 39.6 Å². The van der Waals surface area contributed by atoms with Gasteiger partial charge in [-0.1, -0.05) is 6.07 Å². The second kappa shape index (κ2) is 5.80. The molecule has 0 spiro atoms. The van der Waals surface area contributed by atoms with Gasteiger partial charge in [-0.05, 0) is 53.5 Å². The first-order valence-corrected chi connectivity index (χ1v) is 5.64. The van der Waals surface area contributed by atoms with Crippen LogP contribution >= 0.6 is 15.9 Å². The lowest BCUT2D eigenvalue weighted by atomic mass is 10.1. The molecule has 0 heterocycles. The molecule has 0 aromatic heterocycles. The Bertz CT molecular complexity index is 427. The van der Waals surface area contributed by atoms with Gasteiger partial charge in [-0.3, -0.25) is 0 Å². The smallest absolute Gasteiger partial charge is 0.333 e. The van der Waals surface area contributed by atoms with E-state index in [2.05, 4.69) is 15.9 Å². The van der Waals surface area contributed by atoms with Gasteiger partial charge in [-0.15, -0.1) is 0 Å². The minimum absolute atomic E-state index is 0.328. The van der Waals surface area contributed by atoms with Crippen molar-refractivity contribution in [3.8, 4) is 0 Å². The average Bonchev–Trinajstić information content (AvgIpc) is 2.24. The largest absolute Gasteiger partial charge is 0.463 e. The zero-order chi connectivity index (χ0) is 12.1. The highest BCUT2D eigenvalue weighted by molar-refractivity contribution is 9.10. The number of carbonyl (C=O) groups excluding carboxylic acids is 1. The highest BCUT2D eigenvalue weighted by Crippen LogP contribution is 2.18. The number of benzene rings is 1. The number of hydrogen-bond donors (Lipinski definition) is 0. The van der Waals surface area contributed by atoms with Gasteiger partial charge in [0.1, 0.15) is 5.82 Å². The van der Waals surface area contributed by atoms with Crippen LogP contribution in [0.5, 0.6) is 0 Å². The second-order valence-electron chi connectivity index (χ2n) is 3.22. The third-order valence-electron chi connectivity index (χ3n) is 1.92. The van der Waals surface area contributed by atoms with Crippen LogP contribution in [-0.2, 0) is 9.53 Å². The third kappa shape index (κ3) is 3.45. The summed E-state index contributed by atoms with van der Waals surface area (Å²) >= 11 is 3.08. The summed E-state index contributed by atoms with van der Waals surface area (Å²) < 4.78 is 18.2. The van der Waals surface area contributed by atoms with E-state index in [4.69, 9.17) is 4.74 Å². The Labute approximate surface area is 102 Å². The van der Waals surface area contributed by atoms with Gasteiger partial charge >= 0.3 is 5.97 Å². The Morgan fingerprint density at radius 2 is 2.25 bits per heavy atom. The van der Waals surface area contributed by atoms with Gasteiger partial charge in [0.15, 0.2) is 0 Å². The Balaban J connectivity index is 2.89. The van der Waals surface area contributed by atoms with Crippen molar-refractivity contribution in [3.63, 3.8) is 0 Å². The molecule has 16 heavy (non-hydrogen) atoms. The number of halogens is 2. The minimum Gasteiger partial charge on any atom is -0.463 e. The first kappa shape index (κ1) is 12.9. The average molecular weight is 287 g/mol. The van der Waals surface area contributed by atoms with Crippen molar-refractivity contribution in [1.29, 1.82) is 0 Å². The lowest BCUT2D eigenvalue weighted by molar-refractivity contribution is -0.138. The Morgan fingerprint density at radius 1 is 1.56 bits per heavy atom. The van der Waals surface area contributed by atoms with Crippen LogP contribution in [0.4, 0.5) is 4.39 Å². The van der Waals surface area contributed by atoms with E-state index < -0.39 is 0 Å². The molecular formula is C12H12BrFO2. The van der Waals surface area contributed by atoms with E-state index >= 15 is 0 Å². The van der Waals surface area contributed by atoms with Gasteiger partial charge in [0.05, 0.1) is 11.1 Å². The van der Waals surface area contributed by atoms with Gasteiger partial charge in [0, 0.05) is 5.57 Å². The molecule has 86 valence electrons. The molecule has 0 aliphatic carbocycles. The van der Waals surface area contributed by atoms with E-state index in [0.29, 0.717) is 16.7 Å². The number of ether oxygens (including phenoxy) is 1. The van der Waals surface area contributed by atoms with Crippen LogP contribution in [0.2, 0.25) is 0 Å². The molecule has 0 saturated carbocycles. The normalized spacial score (nSPS) is 11.4. The predicted octanol–water partition coefficient (Wildman–Crippen LogP) is 3.55. The van der Waals surface area contributed by atoms with Gasteiger partial charge in [0.2, 0.25) is 0 Å². The SMILES string of the molecule is CCOC(=O)/C(C)=C/c1ccc(F)c(Br)c1. The summed E-state index contributed by atoms with van der Waals surface area (Å²) in [6, 6.07) is 4.55. The molecular weight excluding hydrogens is 275 g/mol. The van der Waals surface area contributed by atoms with Crippen molar-refractivity contribution in [2.75, 3.05) is 6.61 Å². The van der Waals surface area contributed by atoms with Crippen LogP contribution in [-0.4, -0.2) is 12.6 Å². The maximum atomic E-state index is 13.0. The molecule has 0 radical (unpaired) electrons. The van der Waals surface area contributed by atoms with E-state index in [-0.39, 0.29) is 11.8 Å². The summed E-state index contributed by atoms with van der Waals surface area (Å²) in [7, 11) is 0. The van der Waals surface area contributed by atoms with E-state index in [1.165, 1.54) is 6.07 Å². The molecule has 1 aromatic carbocycles. The molecule has 0 N–H and O–H groups in total. The molecule has 0 atom stereocenters. The monoisotopic (exact) mass is 286 g/mol. The summed E-state index contributed by atoms with van der Waals surface area (Å²) in [5.74, 6) is -0.686. The zero-order valence-corrected chi connectivity index (χ0v) is 10.7. The minimum atomic E-state index is -0.358. The van der Waals surface area contributed by atoms with Crippen molar-refractivity contribution < 1.29 is 13.9 Å². The molecule has 0 bridgehead atoms. The molecule has 0 aliphatic rings. The highest BCUT2D eigenvalue weighted by Gasteiger charge is 2.05. The quantitative estimate of drug-likeness (QED) is 0.627. The van der Waals surface area contributed by atoms with Gasteiger partial charge in [0.25, 0.3) is 0 Å². The molecule has 0 unspecified atom stereocenters.